The molecule has 0 spiro atoms. The normalized spacial score (nSPS) is 11.9. The number of rotatable bonds is 7. The lowest BCUT2D eigenvalue weighted by Gasteiger charge is -2.22. The molecule has 26 heavy (non-hydrogen) atoms. The number of nitrogens with one attached hydrogen (secondary N) is 2. The van der Waals surface area contributed by atoms with E-state index in [1.807, 2.05) is 44.2 Å². The first-order valence-corrected chi connectivity index (χ1v) is 9.17. The van der Waals surface area contributed by atoms with Gasteiger partial charge in [0.2, 0.25) is 11.8 Å². The number of benzene rings is 2. The number of carbonyl (C=O) groups excluding carboxylic acids is 2. The van der Waals surface area contributed by atoms with E-state index >= 15 is 0 Å². The minimum Gasteiger partial charge on any atom is -0.350 e. The summed E-state index contributed by atoms with van der Waals surface area (Å²) >= 11 is 12.0. The lowest BCUT2D eigenvalue weighted by atomic mass is 10.0. The molecule has 0 unspecified atom stereocenters. The van der Waals surface area contributed by atoms with Crippen molar-refractivity contribution >= 4 is 35.0 Å². The van der Waals surface area contributed by atoms with Crippen molar-refractivity contribution in [3.63, 3.8) is 0 Å². The highest BCUT2D eigenvalue weighted by Crippen LogP contribution is 2.20. The van der Waals surface area contributed by atoms with Gasteiger partial charge in [0.15, 0.2) is 0 Å². The fourth-order valence-corrected chi connectivity index (χ4v) is 2.97. The van der Waals surface area contributed by atoms with Gasteiger partial charge in [0.25, 0.3) is 0 Å². The Bertz CT molecular complexity index is 764. The Hall–Kier alpha value is -2.04. The zero-order valence-electron chi connectivity index (χ0n) is 14.8. The maximum Gasteiger partial charge on any atom is 0.243 e. The number of hydrogen-bond acceptors (Lipinski definition) is 2. The summed E-state index contributed by atoms with van der Waals surface area (Å²) in [7, 11) is 0. The van der Waals surface area contributed by atoms with Crippen molar-refractivity contribution in [2.75, 3.05) is 0 Å². The Morgan fingerprint density at radius 2 is 1.73 bits per heavy atom. The van der Waals surface area contributed by atoms with Gasteiger partial charge in [-0.2, -0.15) is 0 Å². The predicted molar refractivity (Wildman–Crippen MR) is 105 cm³/mol. The van der Waals surface area contributed by atoms with Crippen molar-refractivity contribution in [1.82, 2.24) is 10.6 Å². The maximum atomic E-state index is 12.5. The third kappa shape index (κ3) is 6.04. The van der Waals surface area contributed by atoms with Crippen LogP contribution < -0.4 is 10.6 Å². The highest BCUT2D eigenvalue weighted by Gasteiger charge is 2.24. The summed E-state index contributed by atoms with van der Waals surface area (Å²) in [6.07, 6.45) is 0.236. The van der Waals surface area contributed by atoms with Crippen LogP contribution in [0.5, 0.6) is 0 Å². The van der Waals surface area contributed by atoms with E-state index in [2.05, 4.69) is 10.6 Å². The van der Waals surface area contributed by atoms with Gasteiger partial charge in [-0.25, -0.2) is 0 Å². The lowest BCUT2D eigenvalue weighted by molar-refractivity contribution is -0.129. The molecule has 1 atom stereocenters. The number of carbonyl (C=O) groups is 2. The van der Waals surface area contributed by atoms with E-state index in [1.165, 1.54) is 0 Å². The maximum absolute atomic E-state index is 12.5. The average Bonchev–Trinajstić information content (AvgIpc) is 2.59. The van der Waals surface area contributed by atoms with Crippen LogP contribution in [0.2, 0.25) is 10.0 Å². The first kappa shape index (κ1) is 20.3. The molecule has 0 aliphatic carbocycles. The van der Waals surface area contributed by atoms with E-state index in [0.29, 0.717) is 10.0 Å². The molecule has 2 rings (SSSR count). The highest BCUT2D eigenvalue weighted by atomic mass is 35.5. The zero-order chi connectivity index (χ0) is 19.1. The van der Waals surface area contributed by atoms with Crippen molar-refractivity contribution in [2.45, 2.75) is 32.9 Å². The average molecular weight is 393 g/mol. The van der Waals surface area contributed by atoms with Crippen LogP contribution >= 0.6 is 23.2 Å². The minimum atomic E-state index is -0.614. The van der Waals surface area contributed by atoms with Gasteiger partial charge < -0.3 is 10.6 Å². The molecule has 0 saturated heterocycles. The van der Waals surface area contributed by atoms with E-state index in [1.54, 1.807) is 18.2 Å². The van der Waals surface area contributed by atoms with Crippen LogP contribution in [0.15, 0.2) is 48.5 Å². The Morgan fingerprint density at radius 1 is 1.04 bits per heavy atom. The lowest BCUT2D eigenvalue weighted by Crippen LogP contribution is -2.49. The summed E-state index contributed by atoms with van der Waals surface area (Å²) in [5.74, 6) is -0.475. The molecule has 0 heterocycles. The van der Waals surface area contributed by atoms with Crippen LogP contribution in [0.25, 0.3) is 0 Å². The fraction of sp³-hybridized carbons (Fsp3) is 0.300. The minimum absolute atomic E-state index is 0.0459. The largest absolute Gasteiger partial charge is 0.350 e. The SMILES string of the molecule is CC(C)[C@H](NC(=O)Cc1ccccc1)C(=O)NCc1ccc(Cl)cc1Cl. The first-order chi connectivity index (χ1) is 12.4. The molecule has 138 valence electrons. The van der Waals surface area contributed by atoms with E-state index in [4.69, 9.17) is 23.2 Å². The molecule has 0 radical (unpaired) electrons. The number of amides is 2. The van der Waals surface area contributed by atoms with Crippen LogP contribution in [0, 0.1) is 5.92 Å². The van der Waals surface area contributed by atoms with Crippen molar-refractivity contribution < 1.29 is 9.59 Å². The Morgan fingerprint density at radius 3 is 2.35 bits per heavy atom. The fourth-order valence-electron chi connectivity index (χ4n) is 2.50. The van der Waals surface area contributed by atoms with Gasteiger partial charge in [-0.1, -0.05) is 73.4 Å². The van der Waals surface area contributed by atoms with Crippen LogP contribution in [-0.2, 0) is 22.6 Å². The van der Waals surface area contributed by atoms with Gasteiger partial charge in [0.1, 0.15) is 6.04 Å². The molecule has 6 heteroatoms. The molecule has 2 N–H and O–H groups in total. The van der Waals surface area contributed by atoms with Crippen molar-refractivity contribution in [3.05, 3.63) is 69.7 Å². The molecule has 2 aromatic carbocycles. The Kier molecular flexibility index (Phi) is 7.49. The van der Waals surface area contributed by atoms with Crippen LogP contribution in [0.4, 0.5) is 0 Å². The van der Waals surface area contributed by atoms with E-state index in [9.17, 15) is 9.59 Å². The number of hydrogen-bond donors (Lipinski definition) is 2. The highest BCUT2D eigenvalue weighted by molar-refractivity contribution is 6.35. The Balaban J connectivity index is 1.95. The second-order valence-corrected chi connectivity index (χ2v) is 7.25. The van der Waals surface area contributed by atoms with E-state index < -0.39 is 6.04 Å². The van der Waals surface area contributed by atoms with E-state index in [-0.39, 0.29) is 30.7 Å². The summed E-state index contributed by atoms with van der Waals surface area (Å²) < 4.78 is 0. The predicted octanol–water partition coefficient (Wildman–Crippen LogP) is 3.99. The summed E-state index contributed by atoms with van der Waals surface area (Å²) in [6.45, 7) is 4.05. The monoisotopic (exact) mass is 392 g/mol. The van der Waals surface area contributed by atoms with Crippen molar-refractivity contribution in [3.8, 4) is 0 Å². The van der Waals surface area contributed by atoms with Gasteiger partial charge in [0, 0.05) is 16.6 Å². The molecule has 0 aliphatic heterocycles. The molecule has 4 nitrogen and oxygen atoms in total. The molecule has 0 saturated carbocycles. The van der Waals surface area contributed by atoms with Crippen molar-refractivity contribution in [2.24, 2.45) is 5.92 Å². The molecule has 2 amide bonds. The van der Waals surface area contributed by atoms with Gasteiger partial charge >= 0.3 is 0 Å². The second kappa shape index (κ2) is 9.60. The second-order valence-electron chi connectivity index (χ2n) is 6.41. The third-order valence-corrected chi connectivity index (χ3v) is 4.53. The Labute approximate surface area is 163 Å². The molecule has 0 bridgehead atoms. The molecule has 0 aromatic heterocycles. The van der Waals surface area contributed by atoms with E-state index in [0.717, 1.165) is 11.1 Å². The summed E-state index contributed by atoms with van der Waals surface area (Å²) in [4.78, 5) is 24.8. The van der Waals surface area contributed by atoms with Crippen LogP contribution in [-0.4, -0.2) is 17.9 Å². The van der Waals surface area contributed by atoms with Crippen LogP contribution in [0.3, 0.4) is 0 Å². The van der Waals surface area contributed by atoms with Gasteiger partial charge in [-0.3, -0.25) is 9.59 Å². The van der Waals surface area contributed by atoms with Crippen molar-refractivity contribution in [1.29, 1.82) is 0 Å². The van der Waals surface area contributed by atoms with Gasteiger partial charge in [0.05, 0.1) is 6.42 Å². The molecule has 0 fully saturated rings. The number of halogens is 2. The van der Waals surface area contributed by atoms with Crippen LogP contribution in [0.1, 0.15) is 25.0 Å². The van der Waals surface area contributed by atoms with Gasteiger partial charge in [-0.15, -0.1) is 0 Å². The first-order valence-electron chi connectivity index (χ1n) is 8.41. The molecular formula is C20H22Cl2N2O2. The summed E-state index contributed by atoms with van der Waals surface area (Å²) in [6, 6.07) is 13.9. The summed E-state index contributed by atoms with van der Waals surface area (Å²) in [5.41, 5.74) is 1.67. The smallest absolute Gasteiger partial charge is 0.243 e. The topological polar surface area (TPSA) is 58.2 Å². The zero-order valence-corrected chi connectivity index (χ0v) is 16.3. The molecule has 0 aliphatic rings. The van der Waals surface area contributed by atoms with Gasteiger partial charge in [-0.05, 0) is 29.2 Å². The molecule has 2 aromatic rings. The third-order valence-electron chi connectivity index (χ3n) is 3.94. The standard InChI is InChI=1S/C20H22Cl2N2O2/c1-13(2)19(24-18(25)10-14-6-4-3-5-7-14)20(26)23-12-15-8-9-16(21)11-17(15)22/h3-9,11,13,19H,10,12H2,1-2H3,(H,23,26)(H,24,25)/t19-/m0/s1. The summed E-state index contributed by atoms with van der Waals surface area (Å²) in [5, 5.41) is 6.68. The molecular weight excluding hydrogens is 371 g/mol. The quantitative estimate of drug-likeness (QED) is 0.747.